The molecule has 33 heavy (non-hydrogen) atoms. The predicted molar refractivity (Wildman–Crippen MR) is 122 cm³/mol. The van der Waals surface area contributed by atoms with Gasteiger partial charge in [0.05, 0.1) is 0 Å². The van der Waals surface area contributed by atoms with Crippen molar-refractivity contribution in [1.29, 1.82) is 0 Å². The molecule has 0 saturated carbocycles. The molecule has 2 unspecified atom stereocenters. The van der Waals surface area contributed by atoms with Gasteiger partial charge in [-0.25, -0.2) is 9.59 Å². The fourth-order valence-electron chi connectivity index (χ4n) is 2.95. The van der Waals surface area contributed by atoms with E-state index in [1.165, 1.54) is 0 Å². The standard InChI is InChI=1S/C23H25N5O5/c1-4-14(3)18(22(30)31)26-20(29)21-27-19(28-33-21)15-7-11-17(12-8-15)25-23(32)24-16-9-5-13(2)6-10-16/h5-12,14,18H,4H2,1-3H3,(H,26,29)(H,30,31)(H2,24,25,32). The van der Waals surface area contributed by atoms with Gasteiger partial charge in [0.25, 0.3) is 0 Å². The number of nitrogens with zero attached hydrogens (tertiary/aromatic N) is 2. The van der Waals surface area contributed by atoms with E-state index < -0.39 is 17.9 Å². The molecule has 3 aromatic rings. The monoisotopic (exact) mass is 451 g/mol. The molecular formula is C23H25N5O5. The van der Waals surface area contributed by atoms with Gasteiger partial charge < -0.3 is 25.6 Å². The van der Waals surface area contributed by atoms with Crippen molar-refractivity contribution in [3.05, 3.63) is 60.0 Å². The van der Waals surface area contributed by atoms with Crippen LogP contribution in [0.4, 0.5) is 16.2 Å². The lowest BCUT2D eigenvalue weighted by atomic mass is 9.99. The van der Waals surface area contributed by atoms with Gasteiger partial charge >= 0.3 is 23.8 Å². The summed E-state index contributed by atoms with van der Waals surface area (Å²) in [5.74, 6) is -2.33. The van der Waals surface area contributed by atoms with E-state index >= 15 is 0 Å². The van der Waals surface area contributed by atoms with E-state index in [1.54, 1.807) is 31.2 Å². The molecule has 0 spiro atoms. The fraction of sp³-hybridized carbons (Fsp3) is 0.261. The molecule has 4 N–H and O–H groups in total. The summed E-state index contributed by atoms with van der Waals surface area (Å²) in [7, 11) is 0. The molecule has 2 aromatic carbocycles. The normalized spacial score (nSPS) is 12.5. The second-order valence-electron chi connectivity index (χ2n) is 7.62. The lowest BCUT2D eigenvalue weighted by Crippen LogP contribution is -2.45. The Hall–Kier alpha value is -4.21. The number of aryl methyl sites for hydroxylation is 1. The van der Waals surface area contributed by atoms with E-state index in [0.717, 1.165) is 5.56 Å². The second kappa shape index (κ2) is 10.4. The van der Waals surface area contributed by atoms with Crippen LogP contribution in [0.15, 0.2) is 53.1 Å². The van der Waals surface area contributed by atoms with Crippen LogP contribution in [0.5, 0.6) is 0 Å². The van der Waals surface area contributed by atoms with Crippen molar-refractivity contribution in [1.82, 2.24) is 15.5 Å². The molecule has 172 valence electrons. The minimum atomic E-state index is -1.13. The molecule has 3 rings (SSSR count). The van der Waals surface area contributed by atoms with E-state index in [2.05, 4.69) is 26.1 Å². The first-order chi connectivity index (χ1) is 15.8. The highest BCUT2D eigenvalue weighted by molar-refractivity contribution is 5.99. The highest BCUT2D eigenvalue weighted by Gasteiger charge is 2.28. The zero-order valence-electron chi connectivity index (χ0n) is 18.5. The molecule has 3 amide bonds. The molecule has 1 heterocycles. The quantitative estimate of drug-likeness (QED) is 0.406. The van der Waals surface area contributed by atoms with Gasteiger partial charge in [0.15, 0.2) is 0 Å². The van der Waals surface area contributed by atoms with E-state index in [9.17, 15) is 19.5 Å². The third-order valence-electron chi connectivity index (χ3n) is 5.10. The fourth-order valence-corrected chi connectivity index (χ4v) is 2.95. The Balaban J connectivity index is 1.62. The largest absolute Gasteiger partial charge is 0.480 e. The molecule has 0 bridgehead atoms. The summed E-state index contributed by atoms with van der Waals surface area (Å²) in [4.78, 5) is 40.0. The number of benzene rings is 2. The van der Waals surface area contributed by atoms with E-state index in [-0.39, 0.29) is 23.7 Å². The first kappa shape index (κ1) is 23.5. The lowest BCUT2D eigenvalue weighted by molar-refractivity contribution is -0.140. The predicted octanol–water partition coefficient (Wildman–Crippen LogP) is 3.92. The Labute approximate surface area is 190 Å². The molecule has 10 nitrogen and oxygen atoms in total. The summed E-state index contributed by atoms with van der Waals surface area (Å²) in [6.07, 6.45) is 0.579. The summed E-state index contributed by atoms with van der Waals surface area (Å²) in [5, 5.41) is 21.0. The number of carbonyl (C=O) groups excluding carboxylic acids is 2. The maximum absolute atomic E-state index is 12.3. The van der Waals surface area contributed by atoms with Crippen LogP contribution in [0, 0.1) is 12.8 Å². The van der Waals surface area contributed by atoms with Crippen molar-refractivity contribution in [2.75, 3.05) is 10.6 Å². The van der Waals surface area contributed by atoms with Gasteiger partial charge in [-0.1, -0.05) is 43.1 Å². The topological polar surface area (TPSA) is 146 Å². The number of aromatic nitrogens is 2. The average Bonchev–Trinajstić information content (AvgIpc) is 3.29. The summed E-state index contributed by atoms with van der Waals surface area (Å²) < 4.78 is 5.00. The number of carboxylic acid groups (broad SMARTS) is 1. The van der Waals surface area contributed by atoms with Gasteiger partial charge in [0.2, 0.25) is 5.82 Å². The van der Waals surface area contributed by atoms with E-state index in [1.807, 2.05) is 38.1 Å². The number of carboxylic acids is 1. The Kier molecular flexibility index (Phi) is 7.39. The SMILES string of the molecule is CCC(C)C(NC(=O)c1nc(-c2ccc(NC(=O)Nc3ccc(C)cc3)cc2)no1)C(=O)O. The molecule has 0 aliphatic rings. The lowest BCUT2D eigenvalue weighted by Gasteiger charge is -2.18. The Morgan fingerprint density at radius 3 is 2.12 bits per heavy atom. The van der Waals surface area contributed by atoms with Crippen molar-refractivity contribution in [2.45, 2.75) is 33.2 Å². The van der Waals surface area contributed by atoms with Crippen molar-refractivity contribution in [3.63, 3.8) is 0 Å². The number of urea groups is 1. The van der Waals surface area contributed by atoms with Gasteiger partial charge in [-0.2, -0.15) is 4.98 Å². The van der Waals surface area contributed by atoms with Crippen molar-refractivity contribution >= 4 is 29.3 Å². The van der Waals surface area contributed by atoms with Crippen LogP contribution in [0.25, 0.3) is 11.4 Å². The number of nitrogens with one attached hydrogen (secondary N) is 3. The Morgan fingerprint density at radius 2 is 1.58 bits per heavy atom. The van der Waals surface area contributed by atoms with Crippen LogP contribution < -0.4 is 16.0 Å². The number of anilines is 2. The smallest absolute Gasteiger partial charge is 0.326 e. The highest BCUT2D eigenvalue weighted by Crippen LogP contribution is 2.19. The molecule has 2 atom stereocenters. The van der Waals surface area contributed by atoms with Gasteiger partial charge in [0.1, 0.15) is 6.04 Å². The molecule has 0 aliphatic heterocycles. The number of aliphatic carboxylic acids is 1. The first-order valence-corrected chi connectivity index (χ1v) is 10.4. The third kappa shape index (κ3) is 6.16. The summed E-state index contributed by atoms with van der Waals surface area (Å²) in [5.41, 5.74) is 2.86. The molecule has 0 fully saturated rings. The maximum atomic E-state index is 12.3. The molecule has 0 radical (unpaired) electrons. The minimum Gasteiger partial charge on any atom is -0.480 e. The molecule has 0 aliphatic carbocycles. The zero-order valence-corrected chi connectivity index (χ0v) is 18.5. The molecular weight excluding hydrogens is 426 g/mol. The maximum Gasteiger partial charge on any atom is 0.326 e. The number of amides is 3. The number of carbonyl (C=O) groups is 3. The van der Waals surface area contributed by atoms with E-state index in [0.29, 0.717) is 23.4 Å². The summed E-state index contributed by atoms with van der Waals surface area (Å²) in [6, 6.07) is 12.6. The third-order valence-corrected chi connectivity index (χ3v) is 5.10. The number of hydrogen-bond donors (Lipinski definition) is 4. The van der Waals surface area contributed by atoms with Crippen LogP contribution in [0.3, 0.4) is 0 Å². The van der Waals surface area contributed by atoms with Gasteiger partial charge in [0, 0.05) is 16.9 Å². The second-order valence-corrected chi connectivity index (χ2v) is 7.62. The van der Waals surface area contributed by atoms with Gasteiger partial charge in [-0.15, -0.1) is 0 Å². The Bertz CT molecular complexity index is 1120. The van der Waals surface area contributed by atoms with Crippen LogP contribution in [-0.2, 0) is 4.79 Å². The van der Waals surface area contributed by atoms with Crippen molar-refractivity contribution < 1.29 is 24.0 Å². The first-order valence-electron chi connectivity index (χ1n) is 10.4. The van der Waals surface area contributed by atoms with Crippen molar-refractivity contribution in [2.24, 2.45) is 5.92 Å². The highest BCUT2D eigenvalue weighted by atomic mass is 16.5. The average molecular weight is 451 g/mol. The van der Waals surface area contributed by atoms with Crippen LogP contribution >= 0.6 is 0 Å². The molecule has 0 saturated heterocycles. The van der Waals surface area contributed by atoms with Crippen molar-refractivity contribution in [3.8, 4) is 11.4 Å². The number of rotatable bonds is 8. The zero-order chi connectivity index (χ0) is 24.0. The Morgan fingerprint density at radius 1 is 1.00 bits per heavy atom. The van der Waals surface area contributed by atoms with Crippen LogP contribution in [0.1, 0.15) is 36.5 Å². The number of hydrogen-bond acceptors (Lipinski definition) is 6. The molecule has 1 aromatic heterocycles. The minimum absolute atomic E-state index is 0.159. The molecule has 10 heteroatoms. The van der Waals surface area contributed by atoms with Gasteiger partial charge in [-0.3, -0.25) is 4.79 Å². The van der Waals surface area contributed by atoms with E-state index in [4.69, 9.17) is 4.52 Å². The van der Waals surface area contributed by atoms with Crippen LogP contribution in [-0.4, -0.2) is 39.2 Å². The summed E-state index contributed by atoms with van der Waals surface area (Å²) >= 11 is 0. The van der Waals surface area contributed by atoms with Gasteiger partial charge in [-0.05, 0) is 49.2 Å². The van der Waals surface area contributed by atoms with Crippen LogP contribution in [0.2, 0.25) is 0 Å². The summed E-state index contributed by atoms with van der Waals surface area (Å²) in [6.45, 7) is 5.53.